The largest absolute Gasteiger partial charge is 0.493 e. The lowest BCUT2D eigenvalue weighted by atomic mass is 9.98. The van der Waals surface area contributed by atoms with Crippen molar-refractivity contribution in [1.82, 2.24) is 9.97 Å². The molecule has 2 aromatic rings. The summed E-state index contributed by atoms with van der Waals surface area (Å²) >= 11 is 0. The Bertz CT molecular complexity index is 713. The molecule has 0 amide bonds. The Hall–Kier alpha value is -2.31. The van der Waals surface area contributed by atoms with E-state index in [0.717, 1.165) is 30.2 Å². The number of pyridine rings is 2. The average molecular weight is 351 g/mol. The lowest BCUT2D eigenvalue weighted by Gasteiger charge is -2.33. The van der Waals surface area contributed by atoms with Gasteiger partial charge >= 0.3 is 6.18 Å². The van der Waals surface area contributed by atoms with E-state index in [-0.39, 0.29) is 0 Å². The number of anilines is 1. The van der Waals surface area contributed by atoms with Crippen molar-refractivity contribution in [1.29, 1.82) is 0 Å². The molecule has 1 saturated heterocycles. The molecule has 0 saturated carbocycles. The lowest BCUT2D eigenvalue weighted by molar-refractivity contribution is -0.141. The Labute approximate surface area is 144 Å². The smallest absolute Gasteiger partial charge is 0.433 e. The summed E-state index contributed by atoms with van der Waals surface area (Å²) in [5.74, 6) is 1.60. The zero-order valence-electron chi connectivity index (χ0n) is 14.0. The summed E-state index contributed by atoms with van der Waals surface area (Å²) in [6.07, 6.45) is 0.774. The monoisotopic (exact) mass is 351 g/mol. The van der Waals surface area contributed by atoms with Crippen LogP contribution in [0.2, 0.25) is 0 Å². The standard InChI is InChI=1S/C18H20F3N3O/c1-13-11-22-8-5-15(13)25-12-14-6-9-24(10-7-14)17-4-2-3-16(23-17)18(19,20)21/h2-5,8,11,14H,6-7,9-10,12H2,1H3. The lowest BCUT2D eigenvalue weighted by Crippen LogP contribution is -2.36. The first-order valence-electron chi connectivity index (χ1n) is 8.26. The van der Waals surface area contributed by atoms with Crippen LogP contribution in [0.4, 0.5) is 19.0 Å². The number of alkyl halides is 3. The minimum absolute atomic E-state index is 0.384. The van der Waals surface area contributed by atoms with Gasteiger partial charge in [-0.2, -0.15) is 13.2 Å². The van der Waals surface area contributed by atoms with Crippen LogP contribution in [0.5, 0.6) is 5.75 Å². The maximum absolute atomic E-state index is 12.8. The topological polar surface area (TPSA) is 38.2 Å². The predicted octanol–water partition coefficient (Wildman–Crippen LogP) is 4.10. The van der Waals surface area contributed by atoms with Crippen LogP contribution in [-0.4, -0.2) is 29.7 Å². The van der Waals surface area contributed by atoms with E-state index in [0.29, 0.717) is 31.4 Å². The van der Waals surface area contributed by atoms with E-state index < -0.39 is 11.9 Å². The van der Waals surface area contributed by atoms with Crippen LogP contribution >= 0.6 is 0 Å². The molecular weight excluding hydrogens is 331 g/mol. The van der Waals surface area contributed by atoms with Crippen molar-refractivity contribution in [3.63, 3.8) is 0 Å². The molecule has 0 aromatic carbocycles. The van der Waals surface area contributed by atoms with E-state index in [4.69, 9.17) is 4.74 Å². The third-order valence-corrected chi connectivity index (χ3v) is 4.41. The summed E-state index contributed by atoms with van der Waals surface area (Å²) in [4.78, 5) is 9.70. The van der Waals surface area contributed by atoms with Crippen molar-refractivity contribution in [2.45, 2.75) is 25.9 Å². The van der Waals surface area contributed by atoms with Crippen molar-refractivity contribution < 1.29 is 17.9 Å². The molecule has 2 aromatic heterocycles. The van der Waals surface area contributed by atoms with Gasteiger partial charge in [0.25, 0.3) is 0 Å². The maximum atomic E-state index is 12.8. The number of piperidine rings is 1. The first-order chi connectivity index (χ1) is 11.9. The first-order valence-corrected chi connectivity index (χ1v) is 8.26. The zero-order chi connectivity index (χ0) is 17.9. The second-order valence-corrected chi connectivity index (χ2v) is 6.26. The van der Waals surface area contributed by atoms with Crippen LogP contribution in [0.25, 0.3) is 0 Å². The summed E-state index contributed by atoms with van der Waals surface area (Å²) < 4.78 is 44.2. The Kier molecular flexibility index (Phi) is 5.11. The van der Waals surface area contributed by atoms with E-state index in [2.05, 4.69) is 9.97 Å². The van der Waals surface area contributed by atoms with E-state index in [9.17, 15) is 13.2 Å². The molecule has 134 valence electrons. The van der Waals surface area contributed by atoms with Crippen molar-refractivity contribution in [2.24, 2.45) is 5.92 Å². The normalized spacial score (nSPS) is 16.1. The summed E-state index contributed by atoms with van der Waals surface area (Å²) in [7, 11) is 0. The molecule has 4 nitrogen and oxygen atoms in total. The predicted molar refractivity (Wildman–Crippen MR) is 88.6 cm³/mol. The summed E-state index contributed by atoms with van der Waals surface area (Å²) in [6, 6.07) is 5.89. The number of halogens is 3. The fourth-order valence-electron chi connectivity index (χ4n) is 2.92. The van der Waals surface area contributed by atoms with E-state index in [1.807, 2.05) is 17.9 Å². The van der Waals surface area contributed by atoms with E-state index >= 15 is 0 Å². The second kappa shape index (κ2) is 7.29. The Morgan fingerprint density at radius 2 is 1.96 bits per heavy atom. The Balaban J connectivity index is 1.55. The van der Waals surface area contributed by atoms with Gasteiger partial charge in [0.1, 0.15) is 17.3 Å². The molecule has 7 heteroatoms. The van der Waals surface area contributed by atoms with Gasteiger partial charge in [0.05, 0.1) is 6.61 Å². The van der Waals surface area contributed by atoms with Crippen molar-refractivity contribution in [3.05, 3.63) is 47.9 Å². The molecule has 0 atom stereocenters. The molecule has 0 unspecified atom stereocenters. The third kappa shape index (κ3) is 4.41. The first kappa shape index (κ1) is 17.5. The maximum Gasteiger partial charge on any atom is 0.433 e. The molecule has 0 bridgehead atoms. The van der Waals surface area contributed by atoms with Crippen LogP contribution in [0, 0.1) is 12.8 Å². The van der Waals surface area contributed by atoms with Crippen LogP contribution in [-0.2, 0) is 6.18 Å². The highest BCUT2D eigenvalue weighted by Crippen LogP contribution is 2.30. The van der Waals surface area contributed by atoms with Gasteiger partial charge in [0.2, 0.25) is 0 Å². The molecule has 3 rings (SSSR count). The van der Waals surface area contributed by atoms with Gasteiger partial charge < -0.3 is 9.64 Å². The van der Waals surface area contributed by atoms with Crippen LogP contribution < -0.4 is 9.64 Å². The van der Waals surface area contributed by atoms with Crippen LogP contribution in [0.1, 0.15) is 24.1 Å². The van der Waals surface area contributed by atoms with Gasteiger partial charge in [-0.15, -0.1) is 0 Å². The van der Waals surface area contributed by atoms with E-state index in [1.54, 1.807) is 18.5 Å². The fourth-order valence-corrected chi connectivity index (χ4v) is 2.92. The fraction of sp³-hybridized carbons (Fsp3) is 0.444. The molecule has 1 fully saturated rings. The number of nitrogens with zero attached hydrogens (tertiary/aromatic N) is 3. The molecule has 25 heavy (non-hydrogen) atoms. The third-order valence-electron chi connectivity index (χ3n) is 4.41. The highest BCUT2D eigenvalue weighted by atomic mass is 19.4. The van der Waals surface area contributed by atoms with Crippen molar-refractivity contribution in [3.8, 4) is 5.75 Å². The van der Waals surface area contributed by atoms with E-state index in [1.165, 1.54) is 6.07 Å². The van der Waals surface area contributed by atoms with Gasteiger partial charge in [0, 0.05) is 31.0 Å². The Morgan fingerprint density at radius 1 is 1.20 bits per heavy atom. The van der Waals surface area contributed by atoms with Crippen LogP contribution in [0.3, 0.4) is 0 Å². The zero-order valence-corrected chi connectivity index (χ0v) is 14.0. The Morgan fingerprint density at radius 3 is 2.64 bits per heavy atom. The molecule has 0 aliphatic carbocycles. The van der Waals surface area contributed by atoms with Gasteiger partial charge in [-0.1, -0.05) is 6.07 Å². The molecule has 3 heterocycles. The SMILES string of the molecule is Cc1cnccc1OCC1CCN(c2cccc(C(F)(F)F)n2)CC1. The molecule has 0 radical (unpaired) electrons. The van der Waals surface area contributed by atoms with Gasteiger partial charge in [-0.25, -0.2) is 4.98 Å². The summed E-state index contributed by atoms with van der Waals surface area (Å²) in [5, 5.41) is 0. The second-order valence-electron chi connectivity index (χ2n) is 6.26. The van der Waals surface area contributed by atoms with Crippen molar-refractivity contribution >= 4 is 5.82 Å². The summed E-state index contributed by atoms with van der Waals surface area (Å²) in [6.45, 7) is 3.91. The number of rotatable bonds is 4. The number of aromatic nitrogens is 2. The number of hydrogen-bond acceptors (Lipinski definition) is 4. The van der Waals surface area contributed by atoms with Crippen LogP contribution in [0.15, 0.2) is 36.7 Å². The molecule has 0 N–H and O–H groups in total. The van der Waals surface area contributed by atoms with Crippen molar-refractivity contribution in [2.75, 3.05) is 24.6 Å². The highest BCUT2D eigenvalue weighted by Gasteiger charge is 2.33. The molecule has 1 aliphatic heterocycles. The van der Waals surface area contributed by atoms with Gasteiger partial charge in [-0.3, -0.25) is 4.98 Å². The number of ether oxygens (including phenoxy) is 1. The minimum Gasteiger partial charge on any atom is -0.493 e. The molecule has 0 spiro atoms. The summed E-state index contributed by atoms with van der Waals surface area (Å²) in [5.41, 5.74) is 0.150. The number of aryl methyl sites for hydroxylation is 1. The van der Waals surface area contributed by atoms with Gasteiger partial charge in [0.15, 0.2) is 0 Å². The minimum atomic E-state index is -4.41. The molecular formula is C18H20F3N3O. The highest BCUT2D eigenvalue weighted by molar-refractivity contribution is 5.40. The quantitative estimate of drug-likeness (QED) is 0.831. The average Bonchev–Trinajstić information content (AvgIpc) is 2.61. The van der Waals surface area contributed by atoms with Gasteiger partial charge in [-0.05, 0) is 43.9 Å². The number of hydrogen-bond donors (Lipinski definition) is 0. The molecule has 1 aliphatic rings.